The summed E-state index contributed by atoms with van der Waals surface area (Å²) in [6.45, 7) is 3.89. The molecule has 0 unspecified atom stereocenters. The summed E-state index contributed by atoms with van der Waals surface area (Å²) in [7, 11) is 0. The lowest BCUT2D eigenvalue weighted by Gasteiger charge is -2.31. The van der Waals surface area contributed by atoms with Crippen LogP contribution in [0.2, 0.25) is 5.02 Å². The average Bonchev–Trinajstić information content (AvgIpc) is 2.81. The van der Waals surface area contributed by atoms with Crippen molar-refractivity contribution < 1.29 is 19.1 Å². The van der Waals surface area contributed by atoms with Crippen LogP contribution in [0.15, 0.2) is 24.0 Å². The molecular formula is C20H23ClO4. The third-order valence-corrected chi connectivity index (χ3v) is 5.47. The zero-order valence-electron chi connectivity index (χ0n) is 14.7. The second-order valence-electron chi connectivity index (χ2n) is 6.91. The second kappa shape index (κ2) is 7.20. The summed E-state index contributed by atoms with van der Waals surface area (Å²) in [4.78, 5) is 25.2. The SMILES string of the molecule is CCOC(=O)OC1=C(c2ccc(C)cc2Cl)C(=O)C2(CCCCC2)C1. The maximum absolute atomic E-state index is 13.3. The molecule has 0 aliphatic heterocycles. The van der Waals surface area contributed by atoms with Crippen molar-refractivity contribution in [3.8, 4) is 0 Å². The summed E-state index contributed by atoms with van der Waals surface area (Å²) >= 11 is 6.41. The van der Waals surface area contributed by atoms with Crippen molar-refractivity contribution in [2.24, 2.45) is 5.41 Å². The average molecular weight is 363 g/mol. The number of ether oxygens (including phenoxy) is 2. The quantitative estimate of drug-likeness (QED) is 0.670. The first-order valence-electron chi connectivity index (χ1n) is 8.86. The predicted octanol–water partition coefficient (Wildman–Crippen LogP) is 5.46. The largest absolute Gasteiger partial charge is 0.513 e. The van der Waals surface area contributed by atoms with Crippen molar-refractivity contribution in [3.05, 3.63) is 40.1 Å². The Hall–Kier alpha value is -1.81. The maximum Gasteiger partial charge on any atom is 0.513 e. The van der Waals surface area contributed by atoms with Crippen LogP contribution >= 0.6 is 11.6 Å². The number of carbonyl (C=O) groups is 2. The summed E-state index contributed by atoms with van der Waals surface area (Å²) in [5, 5.41) is 0.501. The molecular weight excluding hydrogens is 340 g/mol. The molecule has 0 amide bonds. The normalized spacial score (nSPS) is 19.4. The van der Waals surface area contributed by atoms with E-state index < -0.39 is 11.6 Å². The van der Waals surface area contributed by atoms with E-state index in [1.165, 1.54) is 0 Å². The van der Waals surface area contributed by atoms with E-state index in [9.17, 15) is 9.59 Å². The van der Waals surface area contributed by atoms with Crippen LogP contribution in [0, 0.1) is 12.3 Å². The number of hydrogen-bond acceptors (Lipinski definition) is 4. The third-order valence-electron chi connectivity index (χ3n) is 5.16. The van der Waals surface area contributed by atoms with Gasteiger partial charge in [-0.3, -0.25) is 4.79 Å². The molecule has 1 saturated carbocycles. The van der Waals surface area contributed by atoms with E-state index in [0.29, 0.717) is 28.3 Å². The number of aryl methyl sites for hydroxylation is 1. The second-order valence-corrected chi connectivity index (χ2v) is 7.32. The molecule has 0 atom stereocenters. The van der Waals surface area contributed by atoms with Crippen LogP contribution < -0.4 is 0 Å². The summed E-state index contributed by atoms with van der Waals surface area (Å²) in [6.07, 6.45) is 4.52. The molecule has 25 heavy (non-hydrogen) atoms. The summed E-state index contributed by atoms with van der Waals surface area (Å²) in [5.41, 5.74) is 1.64. The number of halogens is 1. The van der Waals surface area contributed by atoms with E-state index in [0.717, 1.165) is 37.7 Å². The molecule has 0 saturated heterocycles. The Labute approximate surface area is 153 Å². The van der Waals surface area contributed by atoms with Crippen molar-refractivity contribution in [3.63, 3.8) is 0 Å². The molecule has 1 aromatic carbocycles. The highest BCUT2D eigenvalue weighted by molar-refractivity contribution is 6.36. The summed E-state index contributed by atoms with van der Waals surface area (Å²) < 4.78 is 10.3. The molecule has 2 aliphatic carbocycles. The van der Waals surface area contributed by atoms with E-state index in [-0.39, 0.29) is 12.4 Å². The van der Waals surface area contributed by atoms with E-state index in [2.05, 4.69) is 0 Å². The highest BCUT2D eigenvalue weighted by Crippen LogP contribution is 2.52. The van der Waals surface area contributed by atoms with Gasteiger partial charge in [-0.2, -0.15) is 0 Å². The number of benzene rings is 1. The zero-order valence-corrected chi connectivity index (χ0v) is 15.4. The third kappa shape index (κ3) is 3.45. The molecule has 2 aliphatic rings. The fourth-order valence-electron chi connectivity index (χ4n) is 3.93. The van der Waals surface area contributed by atoms with Gasteiger partial charge < -0.3 is 9.47 Å². The number of allylic oxidation sites excluding steroid dienone is 2. The lowest BCUT2D eigenvalue weighted by atomic mass is 9.70. The van der Waals surface area contributed by atoms with Gasteiger partial charge in [0.1, 0.15) is 5.76 Å². The molecule has 0 aromatic heterocycles. The molecule has 5 heteroatoms. The molecule has 0 radical (unpaired) electrons. The van der Waals surface area contributed by atoms with Crippen LogP contribution in [-0.4, -0.2) is 18.5 Å². The van der Waals surface area contributed by atoms with Crippen molar-refractivity contribution in [1.29, 1.82) is 0 Å². The molecule has 0 heterocycles. The van der Waals surface area contributed by atoms with E-state index in [4.69, 9.17) is 21.1 Å². The van der Waals surface area contributed by atoms with Crippen LogP contribution in [0.4, 0.5) is 4.79 Å². The van der Waals surface area contributed by atoms with Crippen LogP contribution in [0.3, 0.4) is 0 Å². The Kier molecular flexibility index (Phi) is 5.19. The monoisotopic (exact) mass is 362 g/mol. The minimum absolute atomic E-state index is 0.0530. The van der Waals surface area contributed by atoms with E-state index >= 15 is 0 Å². The summed E-state index contributed by atoms with van der Waals surface area (Å²) in [5.74, 6) is 0.452. The molecule has 0 bridgehead atoms. The molecule has 134 valence electrons. The molecule has 3 rings (SSSR count). The highest BCUT2D eigenvalue weighted by Gasteiger charge is 2.49. The Bertz CT molecular complexity index is 729. The minimum Gasteiger partial charge on any atom is -0.434 e. The first-order valence-corrected chi connectivity index (χ1v) is 9.24. The molecule has 4 nitrogen and oxygen atoms in total. The van der Waals surface area contributed by atoms with Gasteiger partial charge in [0.05, 0.1) is 12.2 Å². The van der Waals surface area contributed by atoms with Gasteiger partial charge in [-0.15, -0.1) is 0 Å². The van der Waals surface area contributed by atoms with Gasteiger partial charge >= 0.3 is 6.16 Å². The van der Waals surface area contributed by atoms with Crippen molar-refractivity contribution >= 4 is 29.1 Å². The summed E-state index contributed by atoms with van der Waals surface area (Å²) in [6, 6.07) is 5.57. The first-order chi connectivity index (χ1) is 12.0. The van der Waals surface area contributed by atoms with Gasteiger partial charge in [0, 0.05) is 22.4 Å². The number of carbonyl (C=O) groups excluding carboxylic acids is 2. The van der Waals surface area contributed by atoms with Crippen LogP contribution in [0.5, 0.6) is 0 Å². The van der Waals surface area contributed by atoms with Crippen LogP contribution in [0.25, 0.3) is 5.57 Å². The molecule has 1 spiro atoms. The molecule has 0 N–H and O–H groups in total. The van der Waals surface area contributed by atoms with Crippen molar-refractivity contribution in [2.45, 2.75) is 52.4 Å². The lowest BCUT2D eigenvalue weighted by molar-refractivity contribution is -0.123. The van der Waals surface area contributed by atoms with Gasteiger partial charge in [-0.1, -0.05) is 43.0 Å². The fraction of sp³-hybridized carbons (Fsp3) is 0.500. The Morgan fingerprint density at radius 2 is 1.96 bits per heavy atom. The number of rotatable bonds is 3. The smallest absolute Gasteiger partial charge is 0.434 e. The fourth-order valence-corrected chi connectivity index (χ4v) is 4.26. The Balaban J connectivity index is 2.02. The number of ketones is 1. The van der Waals surface area contributed by atoms with Crippen LogP contribution in [-0.2, 0) is 14.3 Å². The predicted molar refractivity (Wildman–Crippen MR) is 96.4 cm³/mol. The Morgan fingerprint density at radius 1 is 1.24 bits per heavy atom. The topological polar surface area (TPSA) is 52.6 Å². The number of Topliss-reactive ketones (excluding diaryl/α,β-unsaturated/α-hetero) is 1. The van der Waals surface area contributed by atoms with Crippen molar-refractivity contribution in [2.75, 3.05) is 6.61 Å². The van der Waals surface area contributed by atoms with E-state index in [1.54, 1.807) is 6.92 Å². The van der Waals surface area contributed by atoms with Crippen LogP contribution in [0.1, 0.15) is 56.6 Å². The van der Waals surface area contributed by atoms with Gasteiger partial charge in [0.25, 0.3) is 0 Å². The van der Waals surface area contributed by atoms with E-state index in [1.807, 2.05) is 25.1 Å². The lowest BCUT2D eigenvalue weighted by Crippen LogP contribution is -2.30. The van der Waals surface area contributed by atoms with Crippen molar-refractivity contribution in [1.82, 2.24) is 0 Å². The first kappa shape index (κ1) is 18.0. The van der Waals surface area contributed by atoms with Gasteiger partial charge in [0.2, 0.25) is 0 Å². The zero-order chi connectivity index (χ0) is 18.0. The van der Waals surface area contributed by atoms with Gasteiger partial charge in [0.15, 0.2) is 5.78 Å². The van der Waals surface area contributed by atoms with Gasteiger partial charge in [-0.05, 0) is 38.3 Å². The highest BCUT2D eigenvalue weighted by atomic mass is 35.5. The molecule has 1 aromatic rings. The standard InChI is InChI=1S/C20H23ClO4/c1-3-24-19(23)25-16-12-20(9-5-4-6-10-20)18(22)17(16)14-8-7-13(2)11-15(14)21/h7-8,11H,3-6,9-10,12H2,1-2H3. The maximum atomic E-state index is 13.3. The molecule has 1 fully saturated rings. The Morgan fingerprint density at radius 3 is 2.60 bits per heavy atom. The van der Waals surface area contributed by atoms with Gasteiger partial charge in [-0.25, -0.2) is 4.79 Å². The number of hydrogen-bond donors (Lipinski definition) is 0. The minimum atomic E-state index is -0.765.